The van der Waals surface area contributed by atoms with Crippen LogP contribution >= 0.6 is 0 Å². The summed E-state index contributed by atoms with van der Waals surface area (Å²) in [6.45, 7) is 15.5. The summed E-state index contributed by atoms with van der Waals surface area (Å²) in [5, 5.41) is 78.6. The number of carbonyl (C=O) groups excluding carboxylic acids is 4. The normalized spacial score (nSPS) is 45.4. The Bertz CT molecular complexity index is 1890. The molecule has 4 aliphatic carbocycles. The molecule has 19 nitrogen and oxygen atoms in total. The van der Waals surface area contributed by atoms with E-state index >= 15 is 0 Å². The molecule has 64 heavy (non-hydrogen) atoms. The molecule has 3 saturated heterocycles. The average Bonchev–Trinajstić information content (AvgIpc) is 3.49. The topological polar surface area (TPSA) is 293 Å². The molecule has 0 aromatic heterocycles. The van der Waals surface area contributed by atoms with Crippen LogP contribution in [0, 0.1) is 46.8 Å². The van der Waals surface area contributed by atoms with Crippen molar-refractivity contribution in [1.29, 1.82) is 0 Å². The fourth-order valence-corrected chi connectivity index (χ4v) is 13.3. The maximum atomic E-state index is 13.9. The minimum absolute atomic E-state index is 0.0107. The Morgan fingerprint density at radius 3 is 1.98 bits per heavy atom. The lowest BCUT2D eigenvalue weighted by Gasteiger charge is -2.64. The third-order valence-electron chi connectivity index (χ3n) is 16.4. The van der Waals surface area contributed by atoms with Gasteiger partial charge in [0.25, 0.3) is 0 Å². The largest absolute Gasteiger partial charge is 0.478 e. The molecule has 0 aromatic carbocycles. The Morgan fingerprint density at radius 2 is 1.45 bits per heavy atom. The molecule has 4 bridgehead atoms. The smallest absolute Gasteiger partial charge is 0.338 e. The first-order chi connectivity index (χ1) is 29.6. The summed E-state index contributed by atoms with van der Waals surface area (Å²) in [4.78, 5) is 74.7. The van der Waals surface area contributed by atoms with Gasteiger partial charge in [-0.25, -0.2) is 14.4 Å². The van der Waals surface area contributed by atoms with Gasteiger partial charge < -0.3 is 59.4 Å². The van der Waals surface area contributed by atoms with E-state index in [4.69, 9.17) is 33.9 Å². The van der Waals surface area contributed by atoms with Crippen molar-refractivity contribution in [2.45, 2.75) is 172 Å². The molecule has 19 atom stereocenters. The molecule has 360 valence electrons. The lowest BCUT2D eigenvalue weighted by molar-refractivity contribution is -0.301. The molecule has 0 amide bonds. The van der Waals surface area contributed by atoms with Crippen molar-refractivity contribution in [3.8, 4) is 0 Å². The van der Waals surface area contributed by atoms with Crippen LogP contribution < -0.4 is 0 Å². The molecule has 0 unspecified atom stereocenters. The number of hydrogen-bond acceptors (Lipinski definition) is 17. The monoisotopic (exact) mass is 909 g/mol. The molecular weight excluding hydrogens is 842 g/mol. The molecule has 7 rings (SSSR count). The van der Waals surface area contributed by atoms with E-state index in [1.807, 2.05) is 13.8 Å². The van der Waals surface area contributed by atoms with Crippen LogP contribution in [-0.2, 0) is 52.5 Å². The van der Waals surface area contributed by atoms with Crippen molar-refractivity contribution in [3.05, 3.63) is 12.2 Å². The lowest BCUT2D eigenvalue weighted by Crippen LogP contribution is -2.78. The van der Waals surface area contributed by atoms with E-state index in [1.54, 1.807) is 20.8 Å². The summed E-state index contributed by atoms with van der Waals surface area (Å²) in [6, 6.07) is -0.309. The summed E-state index contributed by atoms with van der Waals surface area (Å²) in [5.74, 6) is -13.3. The number of aliphatic hydroxyl groups excluding tert-OH is 1. The van der Waals surface area contributed by atoms with Crippen LogP contribution in [0.5, 0.6) is 0 Å². The third kappa shape index (κ3) is 7.73. The van der Waals surface area contributed by atoms with Crippen molar-refractivity contribution in [2.24, 2.45) is 46.8 Å². The molecular formula is C45H67NO18. The number of hydrogen-bond donors (Lipinski definition) is 7. The summed E-state index contributed by atoms with van der Waals surface area (Å²) >= 11 is 0. The van der Waals surface area contributed by atoms with Crippen LogP contribution in [0.15, 0.2) is 12.2 Å². The molecule has 3 aliphatic heterocycles. The standard InChI is InChI=1S/C41H63NO14.C4H4O4/c1-10-20(4)34(46)55-33-28(45)27-23(18-42-17-19(3)12-13-25(42)38(27,9)49)24-16-39-32(40(24,33)50)30(53-22(6)44)29(52-21(5)43)31-36(39,7)15-14-26(41(31,51)56-39)54-35(47)37(8,48)11-2;5-3(6)1-2-4(7)8/h19-20,23-33,45,48-51H,10-18H2,1-9H3;1-2H,(H,5,6)(H,7,8)/b;2-1-/t19-,20+,23-,24-,25-,26-,27+,28+,29-,30+,31-,32+,33-,36-,37-,38+,39+,40-,41+;/m0./s1. The summed E-state index contributed by atoms with van der Waals surface area (Å²) in [5.41, 5.74) is -8.37. The van der Waals surface area contributed by atoms with E-state index in [2.05, 4.69) is 11.8 Å². The molecule has 19 heteroatoms. The zero-order valence-electron chi connectivity index (χ0n) is 38.1. The van der Waals surface area contributed by atoms with Crippen molar-refractivity contribution >= 4 is 35.8 Å². The molecule has 1 spiro atoms. The van der Waals surface area contributed by atoms with Gasteiger partial charge in [-0.05, 0) is 76.5 Å². The fraction of sp³-hybridized carbons (Fsp3) is 0.822. The highest BCUT2D eigenvalue weighted by Gasteiger charge is 2.90. The first kappa shape index (κ1) is 49.7. The number of piperidine rings is 2. The van der Waals surface area contributed by atoms with Crippen molar-refractivity contribution in [2.75, 3.05) is 13.1 Å². The number of esters is 4. The highest BCUT2D eigenvalue weighted by molar-refractivity contribution is 5.89. The summed E-state index contributed by atoms with van der Waals surface area (Å²) < 4.78 is 31.3. The second-order valence-electron chi connectivity index (χ2n) is 20.3. The third-order valence-corrected chi connectivity index (χ3v) is 16.4. The molecule has 0 radical (unpaired) electrons. The maximum absolute atomic E-state index is 13.9. The minimum Gasteiger partial charge on any atom is -0.478 e. The van der Waals surface area contributed by atoms with E-state index < -0.39 is 135 Å². The first-order valence-corrected chi connectivity index (χ1v) is 22.5. The van der Waals surface area contributed by atoms with Crippen LogP contribution in [0.25, 0.3) is 0 Å². The summed E-state index contributed by atoms with van der Waals surface area (Å²) in [6.07, 6.45) is -4.19. The molecule has 3 heterocycles. The molecule has 7 aliphatic rings. The predicted octanol–water partition coefficient (Wildman–Crippen LogP) is 1.32. The highest BCUT2D eigenvalue weighted by atomic mass is 16.7. The number of carbonyl (C=O) groups is 6. The number of fused-ring (bicyclic) bond motifs is 5. The molecule has 7 fully saturated rings. The fourth-order valence-electron chi connectivity index (χ4n) is 13.3. The van der Waals surface area contributed by atoms with Crippen LogP contribution in [0.2, 0.25) is 0 Å². The van der Waals surface area contributed by atoms with Gasteiger partial charge in [-0.2, -0.15) is 0 Å². The van der Waals surface area contributed by atoms with Crippen molar-refractivity contribution in [3.63, 3.8) is 0 Å². The van der Waals surface area contributed by atoms with Gasteiger partial charge >= 0.3 is 35.8 Å². The number of carboxylic acid groups (broad SMARTS) is 2. The Hall–Kier alpha value is -3.72. The number of nitrogens with zero attached hydrogens (tertiary/aromatic N) is 1. The SMILES string of the molecule is CC[C@@H](C)C(=O)O[C@H]1[C@H](O)[C@H]2[C@@H](CN3C[C@@H](C)CC[C@H]3[C@@]2(C)O)[C@@H]2C[C@]34O[C@]5(O)[C@@H](OC(=O)[C@@](C)(O)CC)CC[C@@]3(C)[C@@H]5[C@@H](OC(C)=O)[C@@H](OC(C)=O)[C@H]4[C@@]21O.O=C(O)/C=C\C(=O)O. The molecule has 7 N–H and O–H groups in total. The average molecular weight is 910 g/mol. The number of carboxylic acids is 2. The quantitative estimate of drug-likeness (QED) is 0.0924. The second-order valence-corrected chi connectivity index (χ2v) is 20.3. The van der Waals surface area contributed by atoms with Gasteiger partial charge in [0, 0.05) is 56.5 Å². The first-order valence-electron chi connectivity index (χ1n) is 22.5. The number of ether oxygens (including phenoxy) is 5. The van der Waals surface area contributed by atoms with Gasteiger partial charge in [-0.15, -0.1) is 0 Å². The van der Waals surface area contributed by atoms with Crippen LogP contribution in [0.3, 0.4) is 0 Å². The molecule has 0 aromatic rings. The second kappa shape index (κ2) is 17.2. The Morgan fingerprint density at radius 1 is 0.875 bits per heavy atom. The zero-order chi connectivity index (χ0) is 47.9. The zero-order valence-corrected chi connectivity index (χ0v) is 38.1. The predicted molar refractivity (Wildman–Crippen MR) is 219 cm³/mol. The van der Waals surface area contributed by atoms with Crippen molar-refractivity contribution < 1.29 is 88.2 Å². The van der Waals surface area contributed by atoms with Gasteiger partial charge in [-0.1, -0.05) is 34.6 Å². The van der Waals surface area contributed by atoms with Crippen LogP contribution in [0.1, 0.15) is 107 Å². The Kier molecular flexibility index (Phi) is 13.3. The van der Waals surface area contributed by atoms with E-state index in [0.29, 0.717) is 44.0 Å². The Labute approximate surface area is 372 Å². The van der Waals surface area contributed by atoms with Crippen LogP contribution in [0.4, 0.5) is 0 Å². The number of aliphatic hydroxyl groups is 5. The number of rotatable bonds is 10. The van der Waals surface area contributed by atoms with Gasteiger partial charge in [0.2, 0.25) is 5.79 Å². The number of aliphatic carboxylic acids is 2. The molecule has 4 saturated carbocycles. The van der Waals surface area contributed by atoms with E-state index in [1.165, 1.54) is 20.8 Å². The highest BCUT2D eigenvalue weighted by Crippen LogP contribution is 2.78. The van der Waals surface area contributed by atoms with E-state index in [0.717, 1.165) is 6.42 Å². The van der Waals surface area contributed by atoms with Crippen molar-refractivity contribution in [1.82, 2.24) is 4.90 Å². The summed E-state index contributed by atoms with van der Waals surface area (Å²) in [7, 11) is 0. The maximum Gasteiger partial charge on any atom is 0.338 e. The lowest BCUT2D eigenvalue weighted by atomic mass is 9.48. The minimum atomic E-state index is -2.38. The van der Waals surface area contributed by atoms with Crippen LogP contribution in [-0.4, -0.2) is 154 Å². The van der Waals surface area contributed by atoms with E-state index in [-0.39, 0.29) is 31.7 Å². The Balaban J connectivity index is 0.000000776. The van der Waals surface area contributed by atoms with Gasteiger partial charge in [0.05, 0.1) is 35.1 Å². The van der Waals surface area contributed by atoms with Gasteiger partial charge in [0.15, 0.2) is 17.8 Å². The van der Waals surface area contributed by atoms with E-state index in [9.17, 15) is 54.3 Å². The van der Waals surface area contributed by atoms with Gasteiger partial charge in [-0.3, -0.25) is 19.3 Å². The van der Waals surface area contributed by atoms with Gasteiger partial charge in [0.1, 0.15) is 17.8 Å².